The molecule has 1 unspecified atom stereocenters. The standard InChI is InChI=1S/C24H18N4O2S/c29-20(25-17-11-5-2-6-12-17)15-31-24-26-19-14-8-7-13-18(19)22-27-21(23(30)28(22)24)16-9-3-1-4-10-16/h1-14,21H,15H2,(H,25,29). The molecule has 0 fully saturated rings. The molecule has 5 rings (SSSR count). The minimum absolute atomic E-state index is 0.128. The van der Waals surface area contributed by atoms with Crippen molar-refractivity contribution in [3.8, 4) is 0 Å². The van der Waals surface area contributed by atoms with Gasteiger partial charge in [-0.25, -0.2) is 14.9 Å². The number of benzene rings is 3. The highest BCUT2D eigenvalue weighted by molar-refractivity contribution is 8.14. The third kappa shape index (κ3) is 3.75. The maximum absolute atomic E-state index is 13.3. The number of hydrogen-bond acceptors (Lipinski definition) is 5. The van der Waals surface area contributed by atoms with E-state index in [2.05, 4.69) is 10.3 Å². The first kappa shape index (κ1) is 19.3. The Morgan fingerprint density at radius 3 is 2.39 bits per heavy atom. The Labute approximate surface area is 183 Å². The zero-order valence-corrected chi connectivity index (χ0v) is 17.3. The average molecular weight is 427 g/mol. The molecule has 0 aliphatic carbocycles. The fourth-order valence-corrected chi connectivity index (χ4v) is 4.35. The van der Waals surface area contributed by atoms with Crippen LogP contribution in [0.4, 0.5) is 11.4 Å². The van der Waals surface area contributed by atoms with Crippen LogP contribution in [-0.4, -0.2) is 33.5 Å². The number of rotatable bonds is 4. The maximum atomic E-state index is 13.3. The Morgan fingerprint density at radius 2 is 1.61 bits per heavy atom. The van der Waals surface area contributed by atoms with E-state index in [4.69, 9.17) is 4.99 Å². The Hall–Kier alpha value is -3.71. The number of fused-ring (bicyclic) bond motifs is 3. The molecule has 1 N–H and O–H groups in total. The molecule has 31 heavy (non-hydrogen) atoms. The van der Waals surface area contributed by atoms with E-state index in [1.165, 1.54) is 11.8 Å². The molecule has 2 aliphatic heterocycles. The fraction of sp³-hybridized carbons (Fsp3) is 0.0833. The monoisotopic (exact) mass is 426 g/mol. The molecule has 7 heteroatoms. The SMILES string of the molecule is O=C(CSC1=Nc2ccccc2C2=NC(c3ccccc3)C(=O)N12)Nc1ccccc1. The first-order valence-corrected chi connectivity index (χ1v) is 10.8. The molecule has 0 bridgehead atoms. The predicted molar refractivity (Wildman–Crippen MR) is 124 cm³/mol. The average Bonchev–Trinajstić information content (AvgIpc) is 3.16. The number of amides is 2. The lowest BCUT2D eigenvalue weighted by atomic mass is 10.1. The first-order chi connectivity index (χ1) is 15.2. The summed E-state index contributed by atoms with van der Waals surface area (Å²) in [6, 6.07) is 25.7. The fourth-order valence-electron chi connectivity index (χ4n) is 3.55. The highest BCUT2D eigenvalue weighted by atomic mass is 32.2. The maximum Gasteiger partial charge on any atom is 0.263 e. The van der Waals surface area contributed by atoms with Gasteiger partial charge in [-0.15, -0.1) is 0 Å². The molecule has 0 spiro atoms. The van der Waals surface area contributed by atoms with Crippen LogP contribution < -0.4 is 5.32 Å². The molecule has 2 aliphatic rings. The Kier molecular flexibility index (Phi) is 5.09. The molecule has 1 atom stereocenters. The lowest BCUT2D eigenvalue weighted by molar-refractivity contribution is -0.124. The van der Waals surface area contributed by atoms with Crippen molar-refractivity contribution in [1.82, 2.24) is 4.90 Å². The topological polar surface area (TPSA) is 74.1 Å². The van der Waals surface area contributed by atoms with E-state index in [-0.39, 0.29) is 17.6 Å². The zero-order valence-electron chi connectivity index (χ0n) is 16.4. The number of carbonyl (C=O) groups is 2. The van der Waals surface area contributed by atoms with Gasteiger partial charge in [-0.05, 0) is 29.8 Å². The summed E-state index contributed by atoms with van der Waals surface area (Å²) in [7, 11) is 0. The summed E-state index contributed by atoms with van der Waals surface area (Å²) >= 11 is 1.23. The summed E-state index contributed by atoms with van der Waals surface area (Å²) in [6.45, 7) is 0. The minimum Gasteiger partial charge on any atom is -0.325 e. The number of amidine groups is 2. The van der Waals surface area contributed by atoms with Crippen molar-refractivity contribution in [2.45, 2.75) is 6.04 Å². The molecule has 0 saturated carbocycles. The number of para-hydroxylation sites is 2. The second-order valence-corrected chi connectivity index (χ2v) is 8.00. The van der Waals surface area contributed by atoms with Crippen LogP contribution in [0.1, 0.15) is 17.2 Å². The van der Waals surface area contributed by atoms with Gasteiger partial charge < -0.3 is 5.32 Å². The molecule has 3 aromatic carbocycles. The predicted octanol–water partition coefficient (Wildman–Crippen LogP) is 4.39. The molecule has 2 amide bonds. The van der Waals surface area contributed by atoms with Crippen molar-refractivity contribution in [1.29, 1.82) is 0 Å². The highest BCUT2D eigenvalue weighted by Crippen LogP contribution is 2.37. The molecular weight excluding hydrogens is 408 g/mol. The lowest BCUT2D eigenvalue weighted by Gasteiger charge is -2.25. The van der Waals surface area contributed by atoms with E-state index >= 15 is 0 Å². The van der Waals surface area contributed by atoms with Crippen LogP contribution in [-0.2, 0) is 9.59 Å². The van der Waals surface area contributed by atoms with E-state index in [0.29, 0.717) is 11.0 Å². The van der Waals surface area contributed by atoms with Gasteiger partial charge in [-0.2, -0.15) is 0 Å². The third-order valence-corrected chi connectivity index (χ3v) is 5.91. The van der Waals surface area contributed by atoms with Gasteiger partial charge in [0.05, 0.1) is 11.4 Å². The number of aliphatic imine (C=N–C) groups is 2. The van der Waals surface area contributed by atoms with Crippen LogP contribution in [0, 0.1) is 0 Å². The molecule has 0 aromatic heterocycles. The Morgan fingerprint density at radius 1 is 0.935 bits per heavy atom. The van der Waals surface area contributed by atoms with Crippen LogP contribution in [0.2, 0.25) is 0 Å². The van der Waals surface area contributed by atoms with Crippen molar-refractivity contribution < 1.29 is 9.59 Å². The second kappa shape index (κ2) is 8.20. The summed E-state index contributed by atoms with van der Waals surface area (Å²) in [5, 5.41) is 3.32. The summed E-state index contributed by atoms with van der Waals surface area (Å²) in [4.78, 5) is 36.7. The Balaban J connectivity index is 1.42. The smallest absolute Gasteiger partial charge is 0.263 e. The van der Waals surface area contributed by atoms with Gasteiger partial charge in [0.15, 0.2) is 11.2 Å². The van der Waals surface area contributed by atoms with Crippen molar-refractivity contribution in [2.75, 3.05) is 11.1 Å². The minimum atomic E-state index is -0.619. The highest BCUT2D eigenvalue weighted by Gasteiger charge is 2.42. The van der Waals surface area contributed by atoms with E-state index in [0.717, 1.165) is 22.5 Å². The number of hydrogen-bond donors (Lipinski definition) is 1. The molecule has 0 saturated heterocycles. The Bertz CT molecular complexity index is 1210. The first-order valence-electron chi connectivity index (χ1n) is 9.83. The van der Waals surface area contributed by atoms with Gasteiger partial charge in [0.2, 0.25) is 5.91 Å². The van der Waals surface area contributed by atoms with Crippen molar-refractivity contribution >= 4 is 46.0 Å². The van der Waals surface area contributed by atoms with Gasteiger partial charge >= 0.3 is 0 Å². The molecular formula is C24H18N4O2S. The normalized spacial score (nSPS) is 16.8. The van der Waals surface area contributed by atoms with Gasteiger partial charge in [-0.1, -0.05) is 72.4 Å². The molecule has 152 valence electrons. The second-order valence-electron chi connectivity index (χ2n) is 7.05. The van der Waals surface area contributed by atoms with Gasteiger partial charge in [0.25, 0.3) is 5.91 Å². The quantitative estimate of drug-likeness (QED) is 0.672. The number of nitrogens with one attached hydrogen (secondary N) is 1. The largest absolute Gasteiger partial charge is 0.325 e. The van der Waals surface area contributed by atoms with E-state index < -0.39 is 6.04 Å². The van der Waals surface area contributed by atoms with E-state index in [9.17, 15) is 9.59 Å². The summed E-state index contributed by atoms with van der Waals surface area (Å²) in [5.74, 6) is 0.381. The van der Waals surface area contributed by atoms with Crippen molar-refractivity contribution in [3.63, 3.8) is 0 Å². The summed E-state index contributed by atoms with van der Waals surface area (Å²) < 4.78 is 0. The number of carbonyl (C=O) groups excluding carboxylic acids is 2. The van der Waals surface area contributed by atoms with Gasteiger partial charge in [-0.3, -0.25) is 9.59 Å². The summed E-state index contributed by atoms with van der Waals surface area (Å²) in [6.07, 6.45) is 0. The van der Waals surface area contributed by atoms with Crippen LogP contribution >= 0.6 is 11.8 Å². The molecule has 6 nitrogen and oxygen atoms in total. The number of thioether (sulfide) groups is 1. The lowest BCUT2D eigenvalue weighted by Crippen LogP contribution is -2.40. The van der Waals surface area contributed by atoms with Crippen LogP contribution in [0.25, 0.3) is 0 Å². The van der Waals surface area contributed by atoms with Crippen LogP contribution in [0.3, 0.4) is 0 Å². The molecule has 2 heterocycles. The molecule has 3 aromatic rings. The van der Waals surface area contributed by atoms with Crippen LogP contribution in [0.15, 0.2) is 94.9 Å². The third-order valence-electron chi connectivity index (χ3n) is 4.98. The molecule has 0 radical (unpaired) electrons. The number of anilines is 1. The van der Waals surface area contributed by atoms with Gasteiger partial charge in [0, 0.05) is 11.3 Å². The van der Waals surface area contributed by atoms with E-state index in [1.807, 2.05) is 84.9 Å². The summed E-state index contributed by atoms with van der Waals surface area (Å²) in [5.41, 5.74) is 3.11. The van der Waals surface area contributed by atoms with Crippen molar-refractivity contribution in [3.05, 3.63) is 96.1 Å². The van der Waals surface area contributed by atoms with Crippen LogP contribution in [0.5, 0.6) is 0 Å². The zero-order chi connectivity index (χ0) is 21.2. The van der Waals surface area contributed by atoms with E-state index in [1.54, 1.807) is 4.90 Å². The van der Waals surface area contributed by atoms with Gasteiger partial charge in [0.1, 0.15) is 5.84 Å². The number of nitrogens with zero attached hydrogens (tertiary/aromatic N) is 3. The van der Waals surface area contributed by atoms with Crippen molar-refractivity contribution in [2.24, 2.45) is 9.98 Å².